The van der Waals surface area contributed by atoms with Crippen LogP contribution in [0.5, 0.6) is 0 Å². The van der Waals surface area contributed by atoms with Crippen LogP contribution in [0.3, 0.4) is 0 Å². The Hall–Kier alpha value is -1.26. The standard InChI is InChI=1S/C5H7NO4/c1-5(2)3(7)6-10-4(8)9-5/h1-2H3,(H,6,7). The predicted molar refractivity (Wildman–Crippen MR) is 29.8 cm³/mol. The molecule has 0 aromatic rings. The fourth-order valence-corrected chi connectivity index (χ4v) is 0.486. The molecule has 1 aliphatic rings. The number of carbonyl (C=O) groups is 2. The molecule has 0 bridgehead atoms. The summed E-state index contributed by atoms with van der Waals surface area (Å²) < 4.78 is 4.51. The summed E-state index contributed by atoms with van der Waals surface area (Å²) in [6.45, 7) is 2.95. The minimum atomic E-state index is -1.12. The number of carbonyl (C=O) groups excluding carboxylic acids is 2. The molecule has 56 valence electrons. The van der Waals surface area contributed by atoms with Gasteiger partial charge in [-0.05, 0) is 13.8 Å². The topological polar surface area (TPSA) is 64.6 Å². The van der Waals surface area contributed by atoms with Crippen molar-refractivity contribution in [1.82, 2.24) is 5.48 Å². The zero-order valence-electron chi connectivity index (χ0n) is 5.63. The molecule has 1 N–H and O–H groups in total. The molecule has 10 heavy (non-hydrogen) atoms. The van der Waals surface area contributed by atoms with E-state index in [2.05, 4.69) is 9.57 Å². The lowest BCUT2D eigenvalue weighted by molar-refractivity contribution is -0.163. The van der Waals surface area contributed by atoms with E-state index in [1.807, 2.05) is 5.48 Å². The Balaban J connectivity index is 2.73. The first kappa shape index (κ1) is 6.85. The van der Waals surface area contributed by atoms with E-state index in [0.29, 0.717) is 0 Å². The first-order valence-electron chi connectivity index (χ1n) is 2.72. The molecule has 1 rings (SSSR count). The van der Waals surface area contributed by atoms with Crippen LogP contribution in [0.2, 0.25) is 0 Å². The van der Waals surface area contributed by atoms with Crippen molar-refractivity contribution >= 4 is 12.1 Å². The van der Waals surface area contributed by atoms with E-state index in [0.717, 1.165) is 0 Å². The zero-order chi connectivity index (χ0) is 7.78. The maximum absolute atomic E-state index is 10.7. The summed E-state index contributed by atoms with van der Waals surface area (Å²) in [5.41, 5.74) is 0.793. The van der Waals surface area contributed by atoms with Gasteiger partial charge in [-0.15, -0.1) is 0 Å². The highest BCUT2D eigenvalue weighted by atomic mass is 16.8. The van der Waals surface area contributed by atoms with Gasteiger partial charge in [-0.3, -0.25) is 4.79 Å². The Kier molecular flexibility index (Phi) is 1.28. The fraction of sp³-hybridized carbons (Fsp3) is 0.600. The Morgan fingerprint density at radius 2 is 2.00 bits per heavy atom. The number of hydrogen-bond acceptors (Lipinski definition) is 4. The van der Waals surface area contributed by atoms with Gasteiger partial charge in [0.25, 0.3) is 5.91 Å². The van der Waals surface area contributed by atoms with E-state index in [1.54, 1.807) is 0 Å². The number of rotatable bonds is 0. The average molecular weight is 145 g/mol. The summed E-state index contributed by atoms with van der Waals surface area (Å²) >= 11 is 0. The number of hydroxylamine groups is 1. The molecule has 1 aliphatic heterocycles. The molecular weight excluding hydrogens is 138 g/mol. The minimum absolute atomic E-state index is 0.466. The van der Waals surface area contributed by atoms with Crippen molar-refractivity contribution in [1.29, 1.82) is 0 Å². The summed E-state index contributed by atoms with van der Waals surface area (Å²) in [6, 6.07) is 0. The molecule has 0 radical (unpaired) electrons. The van der Waals surface area contributed by atoms with Gasteiger partial charge >= 0.3 is 6.16 Å². The minimum Gasteiger partial charge on any atom is -0.416 e. The van der Waals surface area contributed by atoms with Crippen molar-refractivity contribution in [2.24, 2.45) is 0 Å². The van der Waals surface area contributed by atoms with Crippen molar-refractivity contribution < 1.29 is 19.2 Å². The van der Waals surface area contributed by atoms with Crippen LogP contribution < -0.4 is 5.48 Å². The van der Waals surface area contributed by atoms with E-state index in [-0.39, 0.29) is 0 Å². The van der Waals surface area contributed by atoms with Gasteiger partial charge in [0, 0.05) is 0 Å². The second-order valence-corrected chi connectivity index (χ2v) is 2.40. The summed E-state index contributed by atoms with van der Waals surface area (Å²) in [5, 5.41) is 0. The van der Waals surface area contributed by atoms with Crippen molar-refractivity contribution in [2.45, 2.75) is 19.4 Å². The van der Waals surface area contributed by atoms with E-state index < -0.39 is 17.7 Å². The van der Waals surface area contributed by atoms with Gasteiger partial charge in [0.1, 0.15) is 0 Å². The van der Waals surface area contributed by atoms with E-state index in [4.69, 9.17) is 0 Å². The Labute approximate surface area is 57.2 Å². The van der Waals surface area contributed by atoms with Gasteiger partial charge in [-0.1, -0.05) is 0 Å². The van der Waals surface area contributed by atoms with E-state index in [9.17, 15) is 9.59 Å². The highest BCUT2D eigenvalue weighted by molar-refractivity contribution is 5.88. The lowest BCUT2D eigenvalue weighted by Crippen LogP contribution is -2.51. The van der Waals surface area contributed by atoms with Gasteiger partial charge in [0.15, 0.2) is 5.60 Å². The average Bonchev–Trinajstić information content (AvgIpc) is 1.78. The van der Waals surface area contributed by atoms with Crippen molar-refractivity contribution in [3.63, 3.8) is 0 Å². The second kappa shape index (κ2) is 1.86. The third-order valence-corrected chi connectivity index (χ3v) is 1.11. The van der Waals surface area contributed by atoms with Gasteiger partial charge in [0.05, 0.1) is 0 Å². The van der Waals surface area contributed by atoms with Crippen LogP contribution in [-0.4, -0.2) is 17.7 Å². The first-order valence-corrected chi connectivity index (χ1v) is 2.72. The lowest BCUT2D eigenvalue weighted by Gasteiger charge is -2.26. The van der Waals surface area contributed by atoms with Gasteiger partial charge in [-0.25, -0.2) is 4.79 Å². The molecule has 0 atom stereocenters. The van der Waals surface area contributed by atoms with Gasteiger partial charge < -0.3 is 9.57 Å². The normalized spacial score (nSPS) is 22.6. The van der Waals surface area contributed by atoms with Crippen LogP contribution in [0, 0.1) is 0 Å². The second-order valence-electron chi connectivity index (χ2n) is 2.40. The largest absolute Gasteiger partial charge is 0.534 e. The third-order valence-electron chi connectivity index (χ3n) is 1.11. The van der Waals surface area contributed by atoms with Crippen LogP contribution >= 0.6 is 0 Å². The van der Waals surface area contributed by atoms with Crippen LogP contribution in [0.4, 0.5) is 4.79 Å². The summed E-state index contributed by atoms with van der Waals surface area (Å²) in [4.78, 5) is 25.2. The Morgan fingerprint density at radius 1 is 1.40 bits per heavy atom. The maximum atomic E-state index is 10.7. The first-order chi connectivity index (χ1) is 4.52. The maximum Gasteiger partial charge on any atom is 0.534 e. The van der Waals surface area contributed by atoms with E-state index >= 15 is 0 Å². The van der Waals surface area contributed by atoms with Gasteiger partial charge in [0.2, 0.25) is 0 Å². The van der Waals surface area contributed by atoms with Gasteiger partial charge in [-0.2, -0.15) is 5.48 Å². The lowest BCUT2D eigenvalue weighted by atomic mass is 10.1. The highest BCUT2D eigenvalue weighted by Crippen LogP contribution is 2.13. The molecule has 0 aromatic carbocycles. The quantitative estimate of drug-likeness (QED) is 0.486. The summed E-state index contributed by atoms with van der Waals surface area (Å²) in [6.07, 6.45) is -0.885. The molecule has 1 fully saturated rings. The number of hydrogen-bond donors (Lipinski definition) is 1. The smallest absolute Gasteiger partial charge is 0.416 e. The summed E-state index contributed by atoms with van der Waals surface area (Å²) in [5.74, 6) is -0.466. The molecule has 0 saturated carbocycles. The molecule has 5 heteroatoms. The molecule has 5 nitrogen and oxygen atoms in total. The number of cyclic esters (lactones) is 1. The van der Waals surface area contributed by atoms with Crippen molar-refractivity contribution in [3.05, 3.63) is 0 Å². The summed E-state index contributed by atoms with van der Waals surface area (Å²) in [7, 11) is 0. The molecule has 0 unspecified atom stereocenters. The molecule has 1 heterocycles. The number of ether oxygens (including phenoxy) is 1. The monoisotopic (exact) mass is 145 g/mol. The SMILES string of the molecule is CC1(C)OC(=O)ONC1=O. The third kappa shape index (κ3) is 1.02. The van der Waals surface area contributed by atoms with E-state index in [1.165, 1.54) is 13.8 Å². The van der Waals surface area contributed by atoms with Crippen LogP contribution in [0.15, 0.2) is 0 Å². The molecule has 1 saturated heterocycles. The Bertz CT molecular complexity index is 186. The van der Waals surface area contributed by atoms with Crippen LogP contribution in [0.25, 0.3) is 0 Å². The molecule has 1 amide bonds. The van der Waals surface area contributed by atoms with Crippen molar-refractivity contribution in [2.75, 3.05) is 0 Å². The molecule has 0 spiro atoms. The highest BCUT2D eigenvalue weighted by Gasteiger charge is 2.37. The van der Waals surface area contributed by atoms with Crippen LogP contribution in [0.1, 0.15) is 13.8 Å². The molecule has 0 aliphatic carbocycles. The zero-order valence-corrected chi connectivity index (χ0v) is 5.63. The van der Waals surface area contributed by atoms with Crippen LogP contribution in [-0.2, 0) is 14.4 Å². The van der Waals surface area contributed by atoms with Crippen molar-refractivity contribution in [3.8, 4) is 0 Å². The number of nitrogens with one attached hydrogen (secondary N) is 1. The number of amides is 1. The Morgan fingerprint density at radius 3 is 2.40 bits per heavy atom. The predicted octanol–water partition coefficient (Wildman–Crippen LogP) is -0.0370. The molecule has 0 aromatic heterocycles. The fourth-order valence-electron chi connectivity index (χ4n) is 0.486. The molecular formula is C5H7NO4.